The molecule has 0 fully saturated rings. The Balaban J connectivity index is -0.0000000638. The monoisotopic (exact) mass is 260 g/mol. The first-order chi connectivity index (χ1) is 7.01. The zero-order valence-corrected chi connectivity index (χ0v) is 13.1. The molecule has 0 amide bonds. The summed E-state index contributed by atoms with van der Waals surface area (Å²) in [6, 6.07) is 0. The Bertz CT molecular complexity index is 71.7. The lowest BCUT2D eigenvalue weighted by molar-refractivity contribution is -0.112. The van der Waals surface area contributed by atoms with Crippen molar-refractivity contribution in [3.63, 3.8) is 0 Å². The Hall–Kier alpha value is 0.740. The van der Waals surface area contributed by atoms with Crippen molar-refractivity contribution >= 4 is 18.5 Å². The van der Waals surface area contributed by atoms with Gasteiger partial charge in [0.2, 0.25) is 0 Å². The number of aliphatic hydroxyl groups is 3. The first-order valence-electron chi connectivity index (χ1n) is 5.33. The Kier molecular flexibility index (Phi) is 48.5. The highest BCUT2D eigenvalue weighted by Gasteiger charge is 2.07. The summed E-state index contributed by atoms with van der Waals surface area (Å²) >= 11 is 0. The van der Waals surface area contributed by atoms with Gasteiger partial charge in [-0.1, -0.05) is 47.2 Å². The number of rotatable bonds is 2. The van der Waals surface area contributed by atoms with E-state index < -0.39 is 12.4 Å². The van der Waals surface area contributed by atoms with Crippen molar-refractivity contribution < 1.29 is 15.3 Å². The SMILES string of the molecule is CCC.CCC.CP.OC(O)C(O)CP. The zero-order valence-electron chi connectivity index (χ0n) is 10.8. The summed E-state index contributed by atoms with van der Waals surface area (Å²) in [5, 5.41) is 24.6. The van der Waals surface area contributed by atoms with Gasteiger partial charge >= 0.3 is 0 Å². The first kappa shape index (κ1) is 24.8. The molecule has 0 aliphatic rings. The van der Waals surface area contributed by atoms with Crippen molar-refractivity contribution in [2.45, 2.75) is 52.9 Å². The highest BCUT2D eigenvalue weighted by molar-refractivity contribution is 7.16. The van der Waals surface area contributed by atoms with Crippen molar-refractivity contribution in [3.05, 3.63) is 0 Å². The molecule has 0 aromatic heterocycles. The summed E-state index contributed by atoms with van der Waals surface area (Å²) in [7, 11) is 4.61. The highest BCUT2D eigenvalue weighted by Crippen LogP contribution is 1.92. The number of hydrogen-bond donors (Lipinski definition) is 3. The van der Waals surface area contributed by atoms with E-state index in [4.69, 9.17) is 15.3 Å². The molecule has 3 unspecified atom stereocenters. The molecule has 3 nitrogen and oxygen atoms in total. The van der Waals surface area contributed by atoms with E-state index >= 15 is 0 Å². The van der Waals surface area contributed by atoms with Gasteiger partial charge in [0.05, 0.1) is 0 Å². The Morgan fingerprint density at radius 3 is 1.07 bits per heavy atom. The van der Waals surface area contributed by atoms with Gasteiger partial charge in [0.25, 0.3) is 0 Å². The fourth-order valence-corrected chi connectivity index (χ4v) is 0.365. The smallest absolute Gasteiger partial charge is 0.178 e. The van der Waals surface area contributed by atoms with Crippen molar-refractivity contribution in [2.24, 2.45) is 0 Å². The maximum absolute atomic E-state index is 8.41. The molecule has 0 rings (SSSR count). The molecule has 0 heterocycles. The third kappa shape index (κ3) is 52.7. The molecule has 0 aromatic rings. The van der Waals surface area contributed by atoms with Gasteiger partial charge in [-0.3, -0.25) is 0 Å². The van der Waals surface area contributed by atoms with Crippen LogP contribution in [0.3, 0.4) is 0 Å². The zero-order chi connectivity index (χ0) is 13.3. The van der Waals surface area contributed by atoms with Crippen molar-refractivity contribution in [3.8, 4) is 0 Å². The molecule has 0 aliphatic carbocycles. The summed E-state index contributed by atoms with van der Waals surface area (Å²) in [5.74, 6) is 0. The second-order valence-electron chi connectivity index (χ2n) is 2.63. The topological polar surface area (TPSA) is 60.7 Å². The van der Waals surface area contributed by atoms with Gasteiger partial charge in [-0.2, -0.15) is 0 Å². The molecule has 0 saturated carbocycles. The van der Waals surface area contributed by atoms with Crippen LogP contribution in [0.25, 0.3) is 0 Å². The number of aliphatic hydroxyl groups excluding tert-OH is 2. The van der Waals surface area contributed by atoms with Crippen molar-refractivity contribution in [1.29, 1.82) is 0 Å². The lowest BCUT2D eigenvalue weighted by Crippen LogP contribution is -2.26. The molecule has 98 valence electrons. The van der Waals surface area contributed by atoms with Gasteiger partial charge in [-0.15, -0.1) is 18.5 Å². The van der Waals surface area contributed by atoms with Crippen LogP contribution in [0.5, 0.6) is 0 Å². The second-order valence-corrected chi connectivity index (χ2v) is 3.10. The Morgan fingerprint density at radius 1 is 0.867 bits per heavy atom. The number of hydrogen-bond acceptors (Lipinski definition) is 3. The van der Waals surface area contributed by atoms with E-state index in [2.05, 4.69) is 46.2 Å². The van der Waals surface area contributed by atoms with E-state index in [0.717, 1.165) is 0 Å². The predicted molar refractivity (Wildman–Crippen MR) is 76.4 cm³/mol. The van der Waals surface area contributed by atoms with E-state index in [0.29, 0.717) is 0 Å². The normalized spacial score (nSPS) is 9.80. The summed E-state index contributed by atoms with van der Waals surface area (Å²) in [5.41, 5.74) is 0. The molecule has 0 radical (unpaired) electrons. The maximum atomic E-state index is 8.41. The third-order valence-electron chi connectivity index (χ3n) is 0.586. The van der Waals surface area contributed by atoms with Gasteiger partial charge < -0.3 is 15.3 Å². The largest absolute Gasteiger partial charge is 0.387 e. The standard InChI is InChI=1S/C3H9O3P.2C3H8.CH5P/c4-2(1-7)3(5)6;2*1-3-2;1-2/h2-6H,1,7H2;2*3H2,1-2H3;2H2,1H3. The Morgan fingerprint density at radius 2 is 1.07 bits per heavy atom. The molecule has 3 atom stereocenters. The molecule has 0 bridgehead atoms. The van der Waals surface area contributed by atoms with E-state index in [1.165, 1.54) is 12.8 Å². The van der Waals surface area contributed by atoms with E-state index in [-0.39, 0.29) is 6.16 Å². The van der Waals surface area contributed by atoms with Gasteiger partial charge in [0.15, 0.2) is 6.29 Å². The van der Waals surface area contributed by atoms with Crippen LogP contribution in [-0.4, -0.2) is 40.5 Å². The van der Waals surface area contributed by atoms with Crippen LogP contribution in [0.2, 0.25) is 0 Å². The van der Waals surface area contributed by atoms with Gasteiger partial charge in [-0.25, -0.2) is 0 Å². The first-order valence-corrected chi connectivity index (χ1v) is 7.30. The average molecular weight is 260 g/mol. The molecule has 0 spiro atoms. The summed E-state index contributed by atoms with van der Waals surface area (Å²) < 4.78 is 0. The van der Waals surface area contributed by atoms with E-state index in [9.17, 15) is 0 Å². The van der Waals surface area contributed by atoms with Crippen LogP contribution >= 0.6 is 18.5 Å². The fraction of sp³-hybridized carbons (Fsp3) is 1.00. The van der Waals surface area contributed by atoms with Crippen LogP contribution < -0.4 is 0 Å². The van der Waals surface area contributed by atoms with Crippen LogP contribution in [0, 0.1) is 0 Å². The summed E-state index contributed by atoms with van der Waals surface area (Å²) in [4.78, 5) is 0. The fourth-order valence-electron chi connectivity index (χ4n) is 0.122. The predicted octanol–water partition coefficient (Wildman–Crippen LogP) is 1.86. The van der Waals surface area contributed by atoms with Gasteiger partial charge in [0.1, 0.15) is 6.10 Å². The summed E-state index contributed by atoms with van der Waals surface area (Å²) in [6.45, 7) is 10.4. The van der Waals surface area contributed by atoms with Gasteiger partial charge in [0, 0.05) is 0 Å². The minimum Gasteiger partial charge on any atom is -0.387 e. The van der Waals surface area contributed by atoms with Crippen LogP contribution in [0.1, 0.15) is 40.5 Å². The summed E-state index contributed by atoms with van der Waals surface area (Å²) in [6.07, 6.45) is 0.167. The molecule has 0 aliphatic heterocycles. The quantitative estimate of drug-likeness (QED) is 0.524. The van der Waals surface area contributed by atoms with Gasteiger partial charge in [-0.05, 0) is 6.16 Å². The minimum atomic E-state index is -1.60. The van der Waals surface area contributed by atoms with Crippen molar-refractivity contribution in [2.75, 3.05) is 12.8 Å². The molecular formula is C10H30O3P2. The van der Waals surface area contributed by atoms with Crippen LogP contribution in [0.15, 0.2) is 0 Å². The van der Waals surface area contributed by atoms with Crippen LogP contribution in [0.4, 0.5) is 0 Å². The third-order valence-corrected chi connectivity index (χ3v) is 1.07. The molecule has 0 saturated heterocycles. The molecule has 0 aromatic carbocycles. The molecule has 15 heavy (non-hydrogen) atoms. The average Bonchev–Trinajstić information content (AvgIpc) is 2.22. The van der Waals surface area contributed by atoms with Crippen LogP contribution in [-0.2, 0) is 0 Å². The minimum absolute atomic E-state index is 0.289. The lowest BCUT2D eigenvalue weighted by atomic mass is 10.4. The molecule has 5 heteroatoms. The lowest BCUT2D eigenvalue weighted by Gasteiger charge is -2.07. The van der Waals surface area contributed by atoms with Crippen molar-refractivity contribution in [1.82, 2.24) is 0 Å². The maximum Gasteiger partial charge on any atom is 0.178 e. The van der Waals surface area contributed by atoms with E-state index in [1.807, 2.05) is 6.66 Å². The highest BCUT2D eigenvalue weighted by atomic mass is 31.0. The second kappa shape index (κ2) is 29.3. The molecule has 3 N–H and O–H groups in total. The molecular weight excluding hydrogens is 230 g/mol. The Labute approximate surface area is 100 Å². The van der Waals surface area contributed by atoms with E-state index in [1.54, 1.807) is 0 Å².